The highest BCUT2D eigenvalue weighted by atomic mass is 19.4. The van der Waals surface area contributed by atoms with Gasteiger partial charge in [-0.05, 0) is 68.0 Å². The first-order valence-corrected chi connectivity index (χ1v) is 17.7. The second-order valence-electron chi connectivity index (χ2n) is 14.1. The van der Waals surface area contributed by atoms with E-state index in [2.05, 4.69) is 14.7 Å². The minimum atomic E-state index is -5.04. The molecule has 0 bridgehead atoms. The van der Waals surface area contributed by atoms with E-state index in [-0.39, 0.29) is 24.4 Å². The van der Waals surface area contributed by atoms with E-state index in [0.29, 0.717) is 50.4 Å². The van der Waals surface area contributed by atoms with Gasteiger partial charge >= 0.3 is 12.4 Å². The van der Waals surface area contributed by atoms with Gasteiger partial charge in [0.05, 0.1) is 17.7 Å². The average molecular weight is 715 g/mol. The van der Waals surface area contributed by atoms with E-state index < -0.39 is 41.0 Å². The van der Waals surface area contributed by atoms with Gasteiger partial charge in [0, 0.05) is 69.4 Å². The molecule has 12 heteroatoms. The molecule has 3 aliphatic rings. The van der Waals surface area contributed by atoms with E-state index in [1.165, 1.54) is 4.90 Å². The van der Waals surface area contributed by atoms with Gasteiger partial charge in [-0.2, -0.15) is 26.3 Å². The lowest BCUT2D eigenvalue weighted by Crippen LogP contribution is -2.59. The van der Waals surface area contributed by atoms with Crippen LogP contribution in [0.1, 0.15) is 58.3 Å². The summed E-state index contributed by atoms with van der Waals surface area (Å²) in [6, 6.07) is 20.4. The van der Waals surface area contributed by atoms with Crippen molar-refractivity contribution in [1.82, 2.24) is 19.6 Å². The number of likely N-dealkylation sites (tertiary alicyclic amines) is 2. The number of piperazine rings is 1. The standard InChI is InChI=1S/C39H44F6N4O2/c40-38(41,42)31-22-30(23-32(24-31)39(43,44)45)37(51)49-15-13-33(25-35(49)20-28-8-3-1-4-9-28)47-16-18-48(19-17-47)34-12-7-14-46(26-34)27-36(50)21-29-10-5-2-6-11-29/h1-6,8-11,22-24,33-35H,7,12-21,25-27H2. The summed E-state index contributed by atoms with van der Waals surface area (Å²) in [5, 5.41) is 0. The summed E-state index contributed by atoms with van der Waals surface area (Å²) in [6.45, 7) is 5.82. The van der Waals surface area contributed by atoms with Gasteiger partial charge in [0.25, 0.3) is 5.91 Å². The Kier molecular flexibility index (Phi) is 11.5. The van der Waals surface area contributed by atoms with E-state index in [1.807, 2.05) is 60.7 Å². The summed E-state index contributed by atoms with van der Waals surface area (Å²) in [5.74, 6) is -0.602. The summed E-state index contributed by atoms with van der Waals surface area (Å²) in [7, 11) is 0. The lowest BCUT2D eigenvalue weighted by Gasteiger charge is -2.48. The van der Waals surface area contributed by atoms with Crippen LogP contribution in [-0.2, 0) is 30.0 Å². The molecule has 3 heterocycles. The van der Waals surface area contributed by atoms with Crippen LogP contribution in [0.4, 0.5) is 26.3 Å². The summed E-state index contributed by atoms with van der Waals surface area (Å²) in [6.07, 6.45) is -5.95. The molecule has 0 spiro atoms. The molecule has 3 aromatic rings. The Morgan fingerprint density at radius 3 is 1.82 bits per heavy atom. The van der Waals surface area contributed by atoms with E-state index >= 15 is 0 Å². The number of halogens is 6. The molecule has 3 aromatic carbocycles. The van der Waals surface area contributed by atoms with Gasteiger partial charge in [-0.25, -0.2) is 0 Å². The van der Waals surface area contributed by atoms with Crippen LogP contribution in [0.2, 0.25) is 0 Å². The van der Waals surface area contributed by atoms with E-state index in [1.54, 1.807) is 0 Å². The third kappa shape index (κ3) is 9.58. The van der Waals surface area contributed by atoms with Crippen molar-refractivity contribution in [3.63, 3.8) is 0 Å². The molecule has 0 saturated carbocycles. The summed E-state index contributed by atoms with van der Waals surface area (Å²) in [5.41, 5.74) is -1.62. The van der Waals surface area contributed by atoms with Gasteiger partial charge in [0.2, 0.25) is 0 Å². The predicted octanol–water partition coefficient (Wildman–Crippen LogP) is 6.83. The van der Waals surface area contributed by atoms with Crippen LogP contribution in [0.5, 0.6) is 0 Å². The Bertz CT molecular complexity index is 1590. The SMILES string of the molecule is O=C(Cc1ccccc1)CN1CCCC(N2CCN(C3CCN(C(=O)c4cc(C(F)(F)F)cc(C(F)(F)F)c4)C(Cc4ccccc4)C3)CC2)C1. The second kappa shape index (κ2) is 15.9. The molecule has 3 atom stereocenters. The zero-order valence-corrected chi connectivity index (χ0v) is 28.5. The van der Waals surface area contributed by atoms with Gasteiger partial charge in [-0.3, -0.25) is 24.3 Å². The van der Waals surface area contributed by atoms with Crippen molar-refractivity contribution in [1.29, 1.82) is 0 Å². The average Bonchev–Trinajstić information content (AvgIpc) is 3.11. The third-order valence-corrected chi connectivity index (χ3v) is 10.6. The van der Waals surface area contributed by atoms with Crippen LogP contribution in [0.3, 0.4) is 0 Å². The molecule has 0 N–H and O–H groups in total. The van der Waals surface area contributed by atoms with Gasteiger partial charge in [0.15, 0.2) is 5.78 Å². The number of piperidine rings is 2. The number of carbonyl (C=O) groups excluding carboxylic acids is 2. The maximum atomic E-state index is 13.8. The van der Waals surface area contributed by atoms with Crippen LogP contribution < -0.4 is 0 Å². The number of amides is 1. The Hall–Kier alpha value is -3.74. The van der Waals surface area contributed by atoms with Crippen molar-refractivity contribution in [2.75, 3.05) is 52.4 Å². The first kappa shape index (κ1) is 37.0. The predicted molar refractivity (Wildman–Crippen MR) is 182 cm³/mol. The number of alkyl halides is 6. The van der Waals surface area contributed by atoms with Crippen molar-refractivity contribution < 1.29 is 35.9 Å². The van der Waals surface area contributed by atoms with Crippen LogP contribution in [0.25, 0.3) is 0 Å². The minimum Gasteiger partial charge on any atom is -0.335 e. The number of ketones is 1. The van der Waals surface area contributed by atoms with Crippen LogP contribution in [0.15, 0.2) is 78.9 Å². The number of rotatable bonds is 9. The number of carbonyl (C=O) groups is 2. The van der Waals surface area contributed by atoms with Gasteiger partial charge in [-0.15, -0.1) is 0 Å². The molecule has 3 aliphatic heterocycles. The maximum Gasteiger partial charge on any atom is 0.416 e. The van der Waals surface area contributed by atoms with E-state index in [9.17, 15) is 35.9 Å². The smallest absolute Gasteiger partial charge is 0.335 e. The monoisotopic (exact) mass is 714 g/mol. The number of hydrogen-bond donors (Lipinski definition) is 0. The molecule has 0 aliphatic carbocycles. The van der Waals surface area contributed by atoms with E-state index in [4.69, 9.17) is 0 Å². The van der Waals surface area contributed by atoms with Crippen molar-refractivity contribution in [3.05, 3.63) is 107 Å². The van der Waals surface area contributed by atoms with Crippen molar-refractivity contribution >= 4 is 11.7 Å². The fourth-order valence-corrected chi connectivity index (χ4v) is 8.02. The fraction of sp³-hybridized carbons (Fsp3) is 0.487. The van der Waals surface area contributed by atoms with Crippen molar-refractivity contribution in [3.8, 4) is 0 Å². The van der Waals surface area contributed by atoms with Crippen LogP contribution in [-0.4, -0.2) is 102 Å². The first-order valence-electron chi connectivity index (χ1n) is 17.7. The van der Waals surface area contributed by atoms with E-state index in [0.717, 1.165) is 63.2 Å². The Morgan fingerprint density at radius 1 is 0.667 bits per heavy atom. The number of Topliss-reactive ketones (excluding diaryl/α,β-unsaturated/α-hetero) is 1. The Balaban J connectivity index is 1.09. The summed E-state index contributed by atoms with van der Waals surface area (Å²) >= 11 is 0. The molecule has 0 aromatic heterocycles. The summed E-state index contributed by atoms with van der Waals surface area (Å²) < 4.78 is 81.8. The molecule has 6 rings (SSSR count). The van der Waals surface area contributed by atoms with Crippen LogP contribution >= 0.6 is 0 Å². The third-order valence-electron chi connectivity index (χ3n) is 10.6. The molecule has 0 radical (unpaired) electrons. The zero-order valence-electron chi connectivity index (χ0n) is 28.5. The second-order valence-corrected chi connectivity index (χ2v) is 14.1. The highest BCUT2D eigenvalue weighted by molar-refractivity contribution is 5.95. The molecule has 3 saturated heterocycles. The highest BCUT2D eigenvalue weighted by Gasteiger charge is 2.40. The minimum absolute atomic E-state index is 0.0561. The Morgan fingerprint density at radius 2 is 1.24 bits per heavy atom. The maximum absolute atomic E-state index is 13.8. The molecule has 6 nitrogen and oxygen atoms in total. The molecular weight excluding hydrogens is 670 g/mol. The summed E-state index contributed by atoms with van der Waals surface area (Å²) in [4.78, 5) is 35.3. The number of nitrogens with zero attached hydrogens (tertiary/aromatic N) is 4. The largest absolute Gasteiger partial charge is 0.416 e. The molecule has 1 amide bonds. The van der Waals surface area contributed by atoms with Gasteiger partial charge in [-0.1, -0.05) is 60.7 Å². The molecule has 3 fully saturated rings. The lowest BCUT2D eigenvalue weighted by atomic mass is 9.90. The van der Waals surface area contributed by atoms with Crippen molar-refractivity contribution in [2.24, 2.45) is 0 Å². The molecule has 51 heavy (non-hydrogen) atoms. The van der Waals surface area contributed by atoms with Gasteiger partial charge in [0.1, 0.15) is 0 Å². The fourth-order valence-electron chi connectivity index (χ4n) is 8.02. The molecular formula is C39H44F6N4O2. The first-order chi connectivity index (χ1) is 24.3. The number of hydrogen-bond acceptors (Lipinski definition) is 5. The van der Waals surface area contributed by atoms with Gasteiger partial charge < -0.3 is 4.90 Å². The number of benzene rings is 3. The normalized spacial score (nSPS) is 22.9. The highest BCUT2D eigenvalue weighted by Crippen LogP contribution is 2.37. The lowest BCUT2D eigenvalue weighted by molar-refractivity contribution is -0.143. The van der Waals surface area contributed by atoms with Crippen molar-refractivity contribution in [2.45, 2.75) is 69.0 Å². The Labute approximate surface area is 295 Å². The topological polar surface area (TPSA) is 47.1 Å². The van der Waals surface area contributed by atoms with Crippen LogP contribution in [0, 0.1) is 0 Å². The zero-order chi connectivity index (χ0) is 36.2. The quantitative estimate of drug-likeness (QED) is 0.228. The molecule has 274 valence electrons. The molecule has 3 unspecified atom stereocenters.